The molecule has 0 aliphatic carbocycles. The second kappa shape index (κ2) is 4.37. The molecular weight excluding hydrogens is 226 g/mol. The van der Waals surface area contributed by atoms with E-state index in [1.54, 1.807) is 36.5 Å². The zero-order chi connectivity index (χ0) is 11.5. The average Bonchev–Trinajstić information content (AvgIpc) is 2.65. The largest absolute Gasteiger partial charge is 0.382 e. The minimum Gasteiger partial charge on any atom is -0.382 e. The van der Waals surface area contributed by atoms with E-state index in [1.807, 2.05) is 0 Å². The van der Waals surface area contributed by atoms with E-state index in [4.69, 9.17) is 17.3 Å². The number of halogens is 1. The highest BCUT2D eigenvalue weighted by atomic mass is 35.5. The summed E-state index contributed by atoms with van der Waals surface area (Å²) in [5, 5.41) is 4.55. The molecule has 0 atom stereocenters. The fourth-order valence-corrected chi connectivity index (χ4v) is 1.47. The zero-order valence-electron chi connectivity index (χ0n) is 8.43. The van der Waals surface area contributed by atoms with E-state index in [0.717, 1.165) is 0 Å². The number of rotatable bonds is 3. The van der Waals surface area contributed by atoms with Crippen molar-refractivity contribution >= 4 is 23.2 Å². The SMILES string of the molecule is Nc1ccn(CC(=O)c2ccc(Cl)cc2)n1. The predicted octanol–water partition coefficient (Wildman–Crippen LogP) is 2.00. The van der Waals surface area contributed by atoms with Crippen molar-refractivity contribution in [2.24, 2.45) is 0 Å². The summed E-state index contributed by atoms with van der Waals surface area (Å²) >= 11 is 5.73. The van der Waals surface area contributed by atoms with Crippen molar-refractivity contribution in [3.63, 3.8) is 0 Å². The summed E-state index contributed by atoms with van der Waals surface area (Å²) < 4.78 is 1.51. The highest BCUT2D eigenvalue weighted by molar-refractivity contribution is 6.30. The van der Waals surface area contributed by atoms with Gasteiger partial charge in [-0.15, -0.1) is 0 Å². The Morgan fingerprint density at radius 3 is 2.56 bits per heavy atom. The van der Waals surface area contributed by atoms with Crippen LogP contribution in [0.25, 0.3) is 0 Å². The summed E-state index contributed by atoms with van der Waals surface area (Å²) in [6.45, 7) is 0.179. The third kappa shape index (κ3) is 2.41. The summed E-state index contributed by atoms with van der Waals surface area (Å²) in [6.07, 6.45) is 1.67. The van der Waals surface area contributed by atoms with Gasteiger partial charge in [0.2, 0.25) is 0 Å². The molecular formula is C11H10ClN3O. The molecule has 0 amide bonds. The van der Waals surface area contributed by atoms with Crippen LogP contribution in [0.4, 0.5) is 5.82 Å². The van der Waals surface area contributed by atoms with Gasteiger partial charge in [-0.3, -0.25) is 9.48 Å². The molecule has 82 valence electrons. The number of benzene rings is 1. The average molecular weight is 236 g/mol. The Morgan fingerprint density at radius 2 is 2.00 bits per heavy atom. The molecule has 0 aliphatic rings. The Balaban J connectivity index is 2.11. The van der Waals surface area contributed by atoms with E-state index in [9.17, 15) is 4.79 Å². The first-order chi connectivity index (χ1) is 7.65. The first-order valence-corrected chi connectivity index (χ1v) is 5.10. The Hall–Kier alpha value is -1.81. The third-order valence-corrected chi connectivity index (χ3v) is 2.39. The molecule has 1 aromatic carbocycles. The lowest BCUT2D eigenvalue weighted by Gasteiger charge is -2.01. The predicted molar refractivity (Wildman–Crippen MR) is 62.4 cm³/mol. The highest BCUT2D eigenvalue weighted by Gasteiger charge is 2.07. The van der Waals surface area contributed by atoms with Crippen LogP contribution in [-0.2, 0) is 6.54 Å². The van der Waals surface area contributed by atoms with Gasteiger partial charge in [0.1, 0.15) is 12.4 Å². The molecule has 0 aliphatic heterocycles. The van der Waals surface area contributed by atoms with Crippen LogP contribution >= 0.6 is 11.6 Å². The molecule has 16 heavy (non-hydrogen) atoms. The maximum atomic E-state index is 11.8. The van der Waals surface area contributed by atoms with Crippen molar-refractivity contribution in [3.8, 4) is 0 Å². The molecule has 0 saturated carbocycles. The fourth-order valence-electron chi connectivity index (χ4n) is 1.34. The lowest BCUT2D eigenvalue weighted by molar-refractivity contribution is 0.0968. The molecule has 2 rings (SSSR count). The van der Waals surface area contributed by atoms with Gasteiger partial charge in [0.15, 0.2) is 5.78 Å². The van der Waals surface area contributed by atoms with Crippen LogP contribution in [0.1, 0.15) is 10.4 Å². The number of carbonyl (C=O) groups is 1. The van der Waals surface area contributed by atoms with Gasteiger partial charge in [0.05, 0.1) is 0 Å². The van der Waals surface area contributed by atoms with Crippen molar-refractivity contribution in [3.05, 3.63) is 47.1 Å². The standard InChI is InChI=1S/C11H10ClN3O/c12-9-3-1-8(2-4-9)10(16)7-15-6-5-11(13)14-15/h1-6H,7H2,(H2,13,14). The summed E-state index contributed by atoms with van der Waals surface area (Å²) in [4.78, 5) is 11.8. The van der Waals surface area contributed by atoms with Crippen LogP contribution in [0.15, 0.2) is 36.5 Å². The normalized spacial score (nSPS) is 10.3. The smallest absolute Gasteiger partial charge is 0.184 e. The van der Waals surface area contributed by atoms with Crippen LogP contribution in [0.5, 0.6) is 0 Å². The maximum absolute atomic E-state index is 11.8. The number of nitrogen functional groups attached to an aromatic ring is 1. The van der Waals surface area contributed by atoms with Crippen LogP contribution in [0, 0.1) is 0 Å². The lowest BCUT2D eigenvalue weighted by Crippen LogP contribution is -2.11. The van der Waals surface area contributed by atoms with Crippen molar-refractivity contribution < 1.29 is 4.79 Å². The van der Waals surface area contributed by atoms with E-state index in [0.29, 0.717) is 16.4 Å². The van der Waals surface area contributed by atoms with Gasteiger partial charge in [-0.2, -0.15) is 5.10 Å². The number of ketones is 1. The van der Waals surface area contributed by atoms with Gasteiger partial charge >= 0.3 is 0 Å². The first kappa shape index (κ1) is 10.7. The Labute approximate surface area is 97.6 Å². The van der Waals surface area contributed by atoms with Gasteiger partial charge in [-0.25, -0.2) is 0 Å². The van der Waals surface area contributed by atoms with E-state index in [-0.39, 0.29) is 12.3 Å². The van der Waals surface area contributed by atoms with Crippen LogP contribution in [0.2, 0.25) is 5.02 Å². The topological polar surface area (TPSA) is 60.9 Å². The number of carbonyl (C=O) groups excluding carboxylic acids is 1. The molecule has 2 aromatic rings. The van der Waals surface area contributed by atoms with Crippen molar-refractivity contribution in [1.29, 1.82) is 0 Å². The van der Waals surface area contributed by atoms with Crippen LogP contribution in [0.3, 0.4) is 0 Å². The summed E-state index contributed by atoms with van der Waals surface area (Å²) in [5.74, 6) is 0.378. The molecule has 0 unspecified atom stereocenters. The van der Waals surface area contributed by atoms with Crippen molar-refractivity contribution in [1.82, 2.24) is 9.78 Å². The molecule has 0 radical (unpaired) electrons. The van der Waals surface area contributed by atoms with Gasteiger partial charge in [0, 0.05) is 16.8 Å². The van der Waals surface area contributed by atoms with E-state index in [1.165, 1.54) is 4.68 Å². The molecule has 0 bridgehead atoms. The monoisotopic (exact) mass is 235 g/mol. The van der Waals surface area contributed by atoms with E-state index < -0.39 is 0 Å². The molecule has 1 heterocycles. The van der Waals surface area contributed by atoms with Crippen molar-refractivity contribution in [2.45, 2.75) is 6.54 Å². The molecule has 4 nitrogen and oxygen atoms in total. The van der Waals surface area contributed by atoms with E-state index >= 15 is 0 Å². The zero-order valence-corrected chi connectivity index (χ0v) is 9.19. The fraction of sp³-hybridized carbons (Fsp3) is 0.0909. The number of Topliss-reactive ketones (excluding diaryl/α,β-unsaturated/α-hetero) is 1. The second-order valence-corrected chi connectivity index (χ2v) is 3.80. The molecule has 2 N–H and O–H groups in total. The van der Waals surface area contributed by atoms with Crippen LogP contribution < -0.4 is 5.73 Å². The Kier molecular flexibility index (Phi) is 2.92. The van der Waals surface area contributed by atoms with Gasteiger partial charge in [-0.05, 0) is 30.3 Å². The molecule has 0 spiro atoms. The quantitative estimate of drug-likeness (QED) is 0.828. The number of hydrogen-bond donors (Lipinski definition) is 1. The first-order valence-electron chi connectivity index (χ1n) is 4.73. The van der Waals surface area contributed by atoms with Gasteiger partial charge in [0.25, 0.3) is 0 Å². The number of hydrogen-bond acceptors (Lipinski definition) is 3. The number of nitrogens with two attached hydrogens (primary N) is 1. The number of nitrogens with zero attached hydrogens (tertiary/aromatic N) is 2. The minimum atomic E-state index is -0.0280. The summed E-state index contributed by atoms with van der Waals surface area (Å²) in [6, 6.07) is 8.41. The molecule has 0 saturated heterocycles. The van der Waals surface area contributed by atoms with Crippen molar-refractivity contribution in [2.75, 3.05) is 5.73 Å². The lowest BCUT2D eigenvalue weighted by atomic mass is 10.1. The van der Waals surface area contributed by atoms with Gasteiger partial charge in [-0.1, -0.05) is 11.6 Å². The third-order valence-electron chi connectivity index (χ3n) is 2.13. The summed E-state index contributed by atoms with van der Waals surface area (Å²) in [5.41, 5.74) is 6.06. The molecule has 5 heteroatoms. The summed E-state index contributed by atoms with van der Waals surface area (Å²) in [7, 11) is 0. The molecule has 1 aromatic heterocycles. The number of aromatic nitrogens is 2. The van der Waals surface area contributed by atoms with E-state index in [2.05, 4.69) is 5.10 Å². The Morgan fingerprint density at radius 1 is 1.31 bits per heavy atom. The minimum absolute atomic E-state index is 0.0280. The molecule has 0 fully saturated rings. The second-order valence-electron chi connectivity index (χ2n) is 3.37. The Bertz CT molecular complexity index is 504. The van der Waals surface area contributed by atoms with Crippen LogP contribution in [-0.4, -0.2) is 15.6 Å². The van der Waals surface area contributed by atoms with Gasteiger partial charge < -0.3 is 5.73 Å². The number of anilines is 1. The maximum Gasteiger partial charge on any atom is 0.184 e. The highest BCUT2D eigenvalue weighted by Crippen LogP contribution is 2.10.